The van der Waals surface area contributed by atoms with Crippen molar-refractivity contribution in [3.63, 3.8) is 0 Å². The van der Waals surface area contributed by atoms with Gasteiger partial charge in [-0.25, -0.2) is 10.2 Å². The first-order chi connectivity index (χ1) is 19.2. The third-order valence-electron chi connectivity index (χ3n) is 6.28. The number of thiocarbonyl (C=S) groups is 1. The summed E-state index contributed by atoms with van der Waals surface area (Å²) in [5, 5.41) is 11.2. The van der Waals surface area contributed by atoms with Crippen LogP contribution in [0.3, 0.4) is 0 Å². The van der Waals surface area contributed by atoms with Crippen LogP contribution in [0.25, 0.3) is 5.69 Å². The Morgan fingerprint density at radius 1 is 1.15 bits per heavy atom. The fourth-order valence-corrected chi connectivity index (χ4v) is 4.99. The van der Waals surface area contributed by atoms with Gasteiger partial charge in [0.15, 0.2) is 11.7 Å². The monoisotopic (exact) mass is 579 g/mol. The summed E-state index contributed by atoms with van der Waals surface area (Å²) in [6, 6.07) is 16.1. The van der Waals surface area contributed by atoms with Crippen LogP contribution in [0.1, 0.15) is 42.4 Å². The molecule has 11 heteroatoms. The third kappa shape index (κ3) is 6.52. The molecule has 0 aliphatic carbocycles. The lowest BCUT2D eigenvalue weighted by atomic mass is 9.95. The molecule has 0 bridgehead atoms. The van der Waals surface area contributed by atoms with Gasteiger partial charge in [-0.1, -0.05) is 35.9 Å². The molecule has 4 rings (SSSR count). The van der Waals surface area contributed by atoms with Gasteiger partial charge in [-0.3, -0.25) is 4.79 Å². The van der Waals surface area contributed by atoms with Crippen LogP contribution in [0.15, 0.2) is 71.0 Å². The van der Waals surface area contributed by atoms with Crippen molar-refractivity contribution in [1.29, 1.82) is 0 Å². The number of carbonyl (C=O) groups is 2. The van der Waals surface area contributed by atoms with Gasteiger partial charge in [-0.05, 0) is 70.2 Å². The summed E-state index contributed by atoms with van der Waals surface area (Å²) < 4.78 is 13.2. The van der Waals surface area contributed by atoms with Gasteiger partial charge in [0.2, 0.25) is 0 Å². The number of nitrogens with zero attached hydrogens (tertiary/aromatic N) is 2. The Morgan fingerprint density at radius 3 is 2.67 bits per heavy atom. The molecule has 1 aliphatic heterocycles. The van der Waals surface area contributed by atoms with E-state index in [4.69, 9.17) is 33.3 Å². The van der Waals surface area contributed by atoms with E-state index in [0.29, 0.717) is 32.7 Å². The van der Waals surface area contributed by atoms with E-state index in [-0.39, 0.29) is 13.2 Å². The Hall–Kier alpha value is -4.15. The van der Waals surface area contributed by atoms with Gasteiger partial charge in [-0.15, -0.1) is 0 Å². The molecule has 3 N–H and O–H groups in total. The van der Waals surface area contributed by atoms with Crippen LogP contribution >= 0.6 is 23.8 Å². The second-order valence-corrected chi connectivity index (χ2v) is 9.90. The van der Waals surface area contributed by atoms with E-state index < -0.39 is 17.9 Å². The van der Waals surface area contributed by atoms with E-state index in [2.05, 4.69) is 25.7 Å². The molecule has 2 heterocycles. The van der Waals surface area contributed by atoms with Crippen LogP contribution < -0.4 is 20.8 Å². The molecule has 1 atom stereocenters. The Balaban J connectivity index is 1.44. The minimum absolute atomic E-state index is 0.232. The third-order valence-corrected chi connectivity index (χ3v) is 6.74. The average Bonchev–Trinajstić information content (AvgIpc) is 3.19. The van der Waals surface area contributed by atoms with Crippen LogP contribution in [0.2, 0.25) is 5.02 Å². The maximum Gasteiger partial charge on any atom is 0.338 e. The summed E-state index contributed by atoms with van der Waals surface area (Å²) >= 11 is 11.5. The van der Waals surface area contributed by atoms with E-state index >= 15 is 0 Å². The van der Waals surface area contributed by atoms with E-state index in [1.165, 1.54) is 0 Å². The van der Waals surface area contributed by atoms with Crippen molar-refractivity contribution < 1.29 is 19.1 Å². The van der Waals surface area contributed by atoms with Gasteiger partial charge in [0.25, 0.3) is 5.91 Å². The highest BCUT2D eigenvalue weighted by molar-refractivity contribution is 7.80. The number of carbonyl (C=O) groups excluding carboxylic acids is 2. The van der Waals surface area contributed by atoms with Crippen LogP contribution in [0.5, 0.6) is 5.75 Å². The first-order valence-electron chi connectivity index (χ1n) is 12.6. The van der Waals surface area contributed by atoms with Crippen LogP contribution in [-0.2, 0) is 14.3 Å². The molecule has 3 aromatic rings. The second-order valence-electron chi connectivity index (χ2n) is 9.05. The topological polar surface area (TPSA) is 106 Å². The number of para-hydroxylation sites is 1. The number of aryl methyl sites for hydroxylation is 1. The Kier molecular flexibility index (Phi) is 9.23. The minimum atomic E-state index is -0.611. The summed E-state index contributed by atoms with van der Waals surface area (Å²) in [5.74, 6) is -0.492. The number of aromatic nitrogens is 1. The molecule has 1 aromatic heterocycles. The zero-order chi connectivity index (χ0) is 28.8. The number of amides is 1. The normalized spacial score (nSPS) is 15.0. The lowest BCUT2D eigenvalue weighted by Gasteiger charge is -2.30. The molecule has 0 radical (unpaired) electrons. The van der Waals surface area contributed by atoms with E-state index in [1.807, 2.05) is 50.2 Å². The molecule has 0 fully saturated rings. The molecular weight excluding hydrogens is 550 g/mol. The number of esters is 1. The van der Waals surface area contributed by atoms with Crippen molar-refractivity contribution in [2.45, 2.75) is 33.7 Å². The largest absolute Gasteiger partial charge is 0.483 e. The van der Waals surface area contributed by atoms with Crippen LogP contribution in [0, 0.1) is 13.8 Å². The molecule has 1 amide bonds. The Bertz CT molecular complexity index is 1510. The molecule has 0 saturated carbocycles. The maximum absolute atomic E-state index is 12.7. The standard InChI is InChI=1S/C29H30ClN5O4S/c1-5-38-28(37)26-18(3)32-29(40)33-27(26)23-11-6-7-12-24(23)39-16-25(36)34-31-15-20-13-17(2)35(19(20)4)22-10-8-9-21(30)14-22/h6-15,27H,5,16H2,1-4H3,(H,34,36)(H2,32,33,40)/t27-/m1/s1. The van der Waals surface area contributed by atoms with E-state index in [1.54, 1.807) is 38.3 Å². The quantitative estimate of drug-likeness (QED) is 0.147. The lowest BCUT2D eigenvalue weighted by Crippen LogP contribution is -2.45. The number of hydrazone groups is 1. The van der Waals surface area contributed by atoms with E-state index in [9.17, 15) is 9.59 Å². The Morgan fingerprint density at radius 2 is 1.93 bits per heavy atom. The average molecular weight is 580 g/mol. The van der Waals surface area contributed by atoms with Crippen molar-refractivity contribution in [1.82, 2.24) is 20.6 Å². The number of benzene rings is 2. The number of nitrogens with one attached hydrogen (secondary N) is 3. The van der Waals surface area contributed by atoms with Gasteiger partial charge in [0, 0.05) is 38.9 Å². The second kappa shape index (κ2) is 12.8. The zero-order valence-corrected chi connectivity index (χ0v) is 24.2. The van der Waals surface area contributed by atoms with Gasteiger partial charge in [0.05, 0.1) is 24.4 Å². The summed E-state index contributed by atoms with van der Waals surface area (Å²) in [7, 11) is 0. The van der Waals surface area contributed by atoms with E-state index in [0.717, 1.165) is 22.6 Å². The van der Waals surface area contributed by atoms with Gasteiger partial charge >= 0.3 is 5.97 Å². The summed E-state index contributed by atoms with van der Waals surface area (Å²) in [5.41, 5.74) is 7.87. The molecule has 40 heavy (non-hydrogen) atoms. The van der Waals surface area contributed by atoms with Crippen molar-refractivity contribution in [3.8, 4) is 11.4 Å². The number of halogens is 1. The fourth-order valence-electron chi connectivity index (χ4n) is 4.54. The predicted molar refractivity (Wildman–Crippen MR) is 159 cm³/mol. The first kappa shape index (κ1) is 28.8. The molecule has 1 aliphatic rings. The maximum atomic E-state index is 12.7. The molecule has 0 unspecified atom stereocenters. The summed E-state index contributed by atoms with van der Waals surface area (Å²) in [6.45, 7) is 7.40. The minimum Gasteiger partial charge on any atom is -0.483 e. The molecule has 9 nitrogen and oxygen atoms in total. The van der Waals surface area contributed by atoms with Crippen LogP contribution in [0.4, 0.5) is 0 Å². The first-order valence-corrected chi connectivity index (χ1v) is 13.4. The highest BCUT2D eigenvalue weighted by atomic mass is 35.5. The SMILES string of the molecule is CCOC(=O)C1=C(C)NC(=S)N[C@@H]1c1ccccc1OCC(=O)NN=Cc1cc(C)n(-c2cccc(Cl)c2)c1C. The summed E-state index contributed by atoms with van der Waals surface area (Å²) in [6.07, 6.45) is 1.59. The molecule has 0 spiro atoms. The Labute approximate surface area is 243 Å². The van der Waals surface area contributed by atoms with Gasteiger partial charge in [0.1, 0.15) is 5.75 Å². The highest BCUT2D eigenvalue weighted by Gasteiger charge is 2.32. The number of allylic oxidation sites excluding steroid dienone is 1. The van der Waals surface area contributed by atoms with Crippen molar-refractivity contribution in [3.05, 3.63) is 93.4 Å². The number of rotatable bonds is 9. The molecule has 2 aromatic carbocycles. The number of hydrogen-bond donors (Lipinski definition) is 3. The predicted octanol–water partition coefficient (Wildman–Crippen LogP) is 4.63. The summed E-state index contributed by atoms with van der Waals surface area (Å²) in [4.78, 5) is 25.3. The molecule has 0 saturated heterocycles. The smallest absolute Gasteiger partial charge is 0.338 e. The lowest BCUT2D eigenvalue weighted by molar-refractivity contribution is -0.139. The highest BCUT2D eigenvalue weighted by Crippen LogP contribution is 2.33. The van der Waals surface area contributed by atoms with Crippen molar-refractivity contribution in [2.75, 3.05) is 13.2 Å². The zero-order valence-electron chi connectivity index (χ0n) is 22.6. The van der Waals surface area contributed by atoms with Crippen molar-refractivity contribution >= 4 is 47.0 Å². The number of hydrogen-bond acceptors (Lipinski definition) is 6. The van der Waals surface area contributed by atoms with Gasteiger partial charge in [-0.2, -0.15) is 5.10 Å². The molecular formula is C29H30ClN5O4S. The van der Waals surface area contributed by atoms with Gasteiger partial charge < -0.3 is 24.7 Å². The van der Waals surface area contributed by atoms with Crippen molar-refractivity contribution in [2.24, 2.45) is 5.10 Å². The van der Waals surface area contributed by atoms with Crippen LogP contribution in [-0.4, -0.2) is 41.0 Å². The fraction of sp³-hybridized carbons (Fsp3) is 0.241. The number of ether oxygens (including phenoxy) is 2. The molecule has 208 valence electrons.